The van der Waals surface area contributed by atoms with Gasteiger partial charge in [-0.3, -0.25) is 4.79 Å². The molecule has 22 heavy (non-hydrogen) atoms. The van der Waals surface area contributed by atoms with Gasteiger partial charge in [-0.25, -0.2) is 0 Å². The maximum absolute atomic E-state index is 12.3. The first-order valence-corrected chi connectivity index (χ1v) is 8.01. The number of aromatic nitrogens is 1. The quantitative estimate of drug-likeness (QED) is 0.743. The van der Waals surface area contributed by atoms with Crippen LogP contribution < -0.4 is 5.32 Å². The molecule has 1 N–H and O–H groups in total. The van der Waals surface area contributed by atoms with E-state index < -0.39 is 0 Å². The highest BCUT2D eigenvalue weighted by Crippen LogP contribution is 2.21. The number of carbonyl (C=O) groups excluding carboxylic acids is 1. The van der Waals surface area contributed by atoms with E-state index in [9.17, 15) is 4.79 Å². The first kappa shape index (κ1) is 14.9. The van der Waals surface area contributed by atoms with Crippen LogP contribution in [0.3, 0.4) is 0 Å². The summed E-state index contributed by atoms with van der Waals surface area (Å²) in [6, 6.07) is 18.1. The molecule has 1 heterocycles. The summed E-state index contributed by atoms with van der Waals surface area (Å²) in [5.41, 5.74) is 2.17. The van der Waals surface area contributed by atoms with Crippen LogP contribution in [0.1, 0.15) is 18.5 Å². The number of hydrogen-bond donors (Lipinski definition) is 1. The molecule has 1 aromatic heterocycles. The molecule has 112 valence electrons. The molecule has 0 aliphatic heterocycles. The normalized spacial score (nSPS) is 12.3. The van der Waals surface area contributed by atoms with Gasteiger partial charge in [-0.05, 0) is 36.8 Å². The smallest absolute Gasteiger partial charge is 0.240 e. The maximum Gasteiger partial charge on any atom is 0.240 e. The van der Waals surface area contributed by atoms with Gasteiger partial charge in [-0.1, -0.05) is 46.3 Å². The first-order valence-electron chi connectivity index (χ1n) is 7.22. The van der Waals surface area contributed by atoms with E-state index in [4.69, 9.17) is 0 Å². The van der Waals surface area contributed by atoms with E-state index in [0.717, 1.165) is 20.9 Å². The SMILES string of the molecule is C[C@@H](NC(=O)Cn1ccc2cc(Br)ccc21)c1ccccc1. The molecule has 3 nitrogen and oxygen atoms in total. The van der Waals surface area contributed by atoms with Gasteiger partial charge in [0.25, 0.3) is 0 Å². The average Bonchev–Trinajstić information content (AvgIpc) is 2.90. The van der Waals surface area contributed by atoms with Gasteiger partial charge < -0.3 is 9.88 Å². The third-order valence-electron chi connectivity index (χ3n) is 3.72. The van der Waals surface area contributed by atoms with Crippen LogP contribution in [0, 0.1) is 0 Å². The molecule has 0 fully saturated rings. The number of amides is 1. The van der Waals surface area contributed by atoms with Crippen LogP contribution in [-0.4, -0.2) is 10.5 Å². The van der Waals surface area contributed by atoms with Gasteiger partial charge in [0.15, 0.2) is 0 Å². The zero-order chi connectivity index (χ0) is 15.5. The van der Waals surface area contributed by atoms with Crippen LogP contribution in [0.4, 0.5) is 0 Å². The van der Waals surface area contributed by atoms with Crippen molar-refractivity contribution in [3.05, 3.63) is 70.8 Å². The van der Waals surface area contributed by atoms with Crippen molar-refractivity contribution < 1.29 is 4.79 Å². The van der Waals surface area contributed by atoms with Crippen LogP contribution in [0.15, 0.2) is 65.3 Å². The van der Waals surface area contributed by atoms with E-state index in [1.165, 1.54) is 0 Å². The number of benzene rings is 2. The van der Waals surface area contributed by atoms with Gasteiger partial charge >= 0.3 is 0 Å². The molecule has 0 bridgehead atoms. The second-order valence-corrected chi connectivity index (χ2v) is 6.26. The lowest BCUT2D eigenvalue weighted by Crippen LogP contribution is -2.29. The summed E-state index contributed by atoms with van der Waals surface area (Å²) in [4.78, 5) is 12.3. The van der Waals surface area contributed by atoms with E-state index >= 15 is 0 Å². The molecular formula is C18H17BrN2O. The van der Waals surface area contributed by atoms with Crippen molar-refractivity contribution in [2.45, 2.75) is 19.5 Å². The highest BCUT2D eigenvalue weighted by atomic mass is 79.9. The van der Waals surface area contributed by atoms with Gasteiger partial charge in [-0.2, -0.15) is 0 Å². The van der Waals surface area contributed by atoms with E-state index in [2.05, 4.69) is 27.3 Å². The van der Waals surface area contributed by atoms with Crippen LogP contribution in [0.25, 0.3) is 10.9 Å². The molecule has 0 aliphatic carbocycles. The van der Waals surface area contributed by atoms with Crippen molar-refractivity contribution >= 4 is 32.7 Å². The van der Waals surface area contributed by atoms with Crippen LogP contribution >= 0.6 is 15.9 Å². The molecule has 1 atom stereocenters. The van der Waals surface area contributed by atoms with E-state index in [0.29, 0.717) is 6.54 Å². The zero-order valence-electron chi connectivity index (χ0n) is 12.3. The molecular weight excluding hydrogens is 340 g/mol. The molecule has 0 aliphatic rings. The Labute approximate surface area is 138 Å². The number of hydrogen-bond acceptors (Lipinski definition) is 1. The van der Waals surface area contributed by atoms with Crippen molar-refractivity contribution in [3.63, 3.8) is 0 Å². The molecule has 0 saturated heterocycles. The van der Waals surface area contributed by atoms with E-state index in [-0.39, 0.29) is 11.9 Å². The summed E-state index contributed by atoms with van der Waals surface area (Å²) in [7, 11) is 0. The molecule has 3 aromatic rings. The lowest BCUT2D eigenvalue weighted by molar-refractivity contribution is -0.122. The van der Waals surface area contributed by atoms with E-state index in [1.807, 2.05) is 66.2 Å². The Morgan fingerprint density at radius 3 is 2.73 bits per heavy atom. The maximum atomic E-state index is 12.3. The Morgan fingerprint density at radius 1 is 1.18 bits per heavy atom. The second-order valence-electron chi connectivity index (χ2n) is 5.35. The van der Waals surface area contributed by atoms with E-state index in [1.54, 1.807) is 0 Å². The summed E-state index contributed by atoms with van der Waals surface area (Å²) in [5, 5.41) is 4.16. The topological polar surface area (TPSA) is 34.0 Å². The predicted molar refractivity (Wildman–Crippen MR) is 92.6 cm³/mol. The number of carbonyl (C=O) groups is 1. The van der Waals surface area contributed by atoms with Crippen molar-refractivity contribution in [2.75, 3.05) is 0 Å². The number of halogens is 1. The summed E-state index contributed by atoms with van der Waals surface area (Å²) < 4.78 is 3.01. The minimum atomic E-state index is 0.00432. The van der Waals surface area contributed by atoms with Crippen molar-refractivity contribution in [1.82, 2.24) is 9.88 Å². The first-order chi connectivity index (χ1) is 10.6. The fraction of sp³-hybridized carbons (Fsp3) is 0.167. The molecule has 0 unspecified atom stereocenters. The summed E-state index contributed by atoms with van der Waals surface area (Å²) >= 11 is 3.46. The Hall–Kier alpha value is -2.07. The largest absolute Gasteiger partial charge is 0.348 e. The number of rotatable bonds is 4. The van der Waals surface area contributed by atoms with Crippen molar-refractivity contribution in [1.29, 1.82) is 0 Å². The Balaban J connectivity index is 1.71. The van der Waals surface area contributed by atoms with Gasteiger partial charge in [0, 0.05) is 21.6 Å². The third kappa shape index (κ3) is 3.22. The molecule has 2 aromatic carbocycles. The molecule has 4 heteroatoms. The summed E-state index contributed by atoms with van der Waals surface area (Å²) in [6.45, 7) is 2.32. The minimum absolute atomic E-state index is 0.00432. The highest BCUT2D eigenvalue weighted by Gasteiger charge is 2.11. The molecule has 0 radical (unpaired) electrons. The van der Waals surface area contributed by atoms with Gasteiger partial charge in [0.1, 0.15) is 6.54 Å². The zero-order valence-corrected chi connectivity index (χ0v) is 13.9. The summed E-state index contributed by atoms with van der Waals surface area (Å²) in [6.07, 6.45) is 1.95. The van der Waals surface area contributed by atoms with Gasteiger partial charge in [0.2, 0.25) is 5.91 Å². The Morgan fingerprint density at radius 2 is 1.95 bits per heavy atom. The average molecular weight is 357 g/mol. The fourth-order valence-corrected chi connectivity index (χ4v) is 2.95. The van der Waals surface area contributed by atoms with Crippen molar-refractivity contribution in [3.8, 4) is 0 Å². The van der Waals surface area contributed by atoms with Crippen LogP contribution in [-0.2, 0) is 11.3 Å². The Bertz CT molecular complexity index is 795. The molecule has 0 saturated carbocycles. The van der Waals surface area contributed by atoms with Crippen LogP contribution in [0.5, 0.6) is 0 Å². The number of fused-ring (bicyclic) bond motifs is 1. The number of nitrogens with one attached hydrogen (secondary N) is 1. The number of nitrogens with zero attached hydrogens (tertiary/aromatic N) is 1. The highest BCUT2D eigenvalue weighted by molar-refractivity contribution is 9.10. The molecule has 0 spiro atoms. The lowest BCUT2D eigenvalue weighted by atomic mass is 10.1. The Kier molecular flexibility index (Phi) is 4.29. The lowest BCUT2D eigenvalue weighted by Gasteiger charge is -2.15. The van der Waals surface area contributed by atoms with Gasteiger partial charge in [0.05, 0.1) is 6.04 Å². The fourth-order valence-electron chi connectivity index (χ4n) is 2.58. The predicted octanol–water partition coefficient (Wildman–Crippen LogP) is 4.28. The van der Waals surface area contributed by atoms with Crippen molar-refractivity contribution in [2.24, 2.45) is 0 Å². The molecule has 1 amide bonds. The standard InChI is InChI=1S/C18H17BrN2O/c1-13(14-5-3-2-4-6-14)20-18(22)12-21-10-9-15-11-16(19)7-8-17(15)21/h2-11,13H,12H2,1H3,(H,20,22)/t13-/m1/s1. The molecule has 3 rings (SSSR count). The van der Waals surface area contributed by atoms with Crippen LogP contribution in [0.2, 0.25) is 0 Å². The minimum Gasteiger partial charge on any atom is -0.348 e. The monoisotopic (exact) mass is 356 g/mol. The van der Waals surface area contributed by atoms with Gasteiger partial charge in [-0.15, -0.1) is 0 Å². The second kappa shape index (κ2) is 6.36. The third-order valence-corrected chi connectivity index (χ3v) is 4.22. The summed E-state index contributed by atoms with van der Waals surface area (Å²) in [5.74, 6) is 0.0109.